The van der Waals surface area contributed by atoms with Crippen molar-refractivity contribution in [1.82, 2.24) is 14.8 Å². The summed E-state index contributed by atoms with van der Waals surface area (Å²) in [6.45, 7) is -0.296. The molecule has 1 saturated carbocycles. The number of furan rings is 1. The van der Waals surface area contributed by atoms with Gasteiger partial charge in [0.1, 0.15) is 11.2 Å². The Morgan fingerprint density at radius 1 is 1.14 bits per heavy atom. The average molecular weight is 489 g/mol. The molecule has 2 aromatic carbocycles. The molecule has 3 aromatic heterocycles. The number of hydrogen-bond acceptors (Lipinski definition) is 6. The first kappa shape index (κ1) is 22.0. The number of aromatic amines is 2. The molecule has 1 aliphatic rings. The predicted octanol–water partition coefficient (Wildman–Crippen LogP) is 3.57. The summed E-state index contributed by atoms with van der Waals surface area (Å²) in [5, 5.41) is 4.22. The number of aromatic nitrogens is 3. The lowest BCUT2D eigenvalue weighted by molar-refractivity contribution is -0.119. The van der Waals surface area contributed by atoms with Crippen LogP contribution in [0, 0.1) is 0 Å². The van der Waals surface area contributed by atoms with Crippen LogP contribution in [0.15, 0.2) is 50.4 Å². The molecule has 3 heterocycles. The van der Waals surface area contributed by atoms with Gasteiger partial charge in [-0.2, -0.15) is 0 Å². The fourth-order valence-electron chi connectivity index (χ4n) is 5.22. The van der Waals surface area contributed by atoms with Gasteiger partial charge in [-0.3, -0.25) is 24.2 Å². The molecule has 5 aromatic rings. The van der Waals surface area contributed by atoms with E-state index in [0.29, 0.717) is 50.3 Å². The number of methoxy groups -OCH3 is 1. The van der Waals surface area contributed by atoms with E-state index in [4.69, 9.17) is 19.6 Å². The van der Waals surface area contributed by atoms with Crippen LogP contribution < -0.4 is 26.2 Å². The maximum atomic E-state index is 13.4. The minimum absolute atomic E-state index is 0.168. The minimum atomic E-state index is -0.608. The van der Waals surface area contributed by atoms with Crippen molar-refractivity contribution in [3.8, 4) is 22.6 Å². The third-order valence-corrected chi connectivity index (χ3v) is 6.82. The van der Waals surface area contributed by atoms with E-state index in [1.165, 1.54) is 19.2 Å². The zero-order valence-electron chi connectivity index (χ0n) is 19.6. The standard InChI is InChI=1S/C26H24N4O6/c1-34-19-10-13(6-9-17(19)35-12-20(27)32)21-22-25(30(29-26(22)33)14-4-2-3-5-14)28-23-16-8-7-15(31)11-18(16)36-24(21)23/h6-11,14,28H,2-5,12H2,1H3,(H2,27,32)(H,29,33). The molecule has 10 nitrogen and oxygen atoms in total. The van der Waals surface area contributed by atoms with E-state index in [9.17, 15) is 14.4 Å². The van der Waals surface area contributed by atoms with Gasteiger partial charge in [-0.15, -0.1) is 0 Å². The molecule has 4 N–H and O–H groups in total. The fraction of sp³-hybridized carbons (Fsp3) is 0.269. The number of nitrogens with zero attached hydrogens (tertiary/aromatic N) is 1. The molecule has 0 unspecified atom stereocenters. The Hall–Kier alpha value is -4.47. The van der Waals surface area contributed by atoms with E-state index in [2.05, 4.69) is 10.1 Å². The molecule has 184 valence electrons. The number of primary amides is 1. The zero-order valence-corrected chi connectivity index (χ0v) is 19.6. The number of fused-ring (bicyclic) bond motifs is 4. The molecule has 1 aliphatic carbocycles. The second kappa shape index (κ2) is 8.33. The Bertz CT molecular complexity index is 1770. The van der Waals surface area contributed by atoms with Gasteiger partial charge in [0, 0.05) is 17.0 Å². The SMILES string of the molecule is COc1cc(-c2c3oc4cc(=O)ccc4c3[nH]c3c2c(=O)[nH]n3C2CCCC2)ccc1OCC(N)=O. The third-order valence-electron chi connectivity index (χ3n) is 6.82. The Balaban J connectivity index is 1.67. The van der Waals surface area contributed by atoms with E-state index < -0.39 is 5.91 Å². The molecular formula is C26H24N4O6. The van der Waals surface area contributed by atoms with Crippen LogP contribution in [0.1, 0.15) is 31.7 Å². The van der Waals surface area contributed by atoms with Crippen molar-refractivity contribution >= 4 is 39.0 Å². The summed E-state index contributed by atoms with van der Waals surface area (Å²) >= 11 is 0. The average Bonchev–Trinajstić information content (AvgIpc) is 3.59. The van der Waals surface area contributed by atoms with Crippen molar-refractivity contribution in [2.75, 3.05) is 13.7 Å². The number of hydrogen-bond donors (Lipinski definition) is 3. The van der Waals surface area contributed by atoms with Crippen molar-refractivity contribution in [1.29, 1.82) is 0 Å². The van der Waals surface area contributed by atoms with Crippen molar-refractivity contribution < 1.29 is 18.7 Å². The monoisotopic (exact) mass is 488 g/mol. The van der Waals surface area contributed by atoms with E-state index in [1.54, 1.807) is 24.3 Å². The van der Waals surface area contributed by atoms with Gasteiger partial charge in [-0.25, -0.2) is 0 Å². The molecular weight excluding hydrogens is 464 g/mol. The van der Waals surface area contributed by atoms with Crippen molar-refractivity contribution in [3.63, 3.8) is 0 Å². The van der Waals surface area contributed by atoms with Crippen LogP contribution >= 0.6 is 0 Å². The molecule has 0 radical (unpaired) electrons. The first-order valence-electron chi connectivity index (χ1n) is 11.8. The molecule has 0 atom stereocenters. The summed E-state index contributed by atoms with van der Waals surface area (Å²) in [6.07, 6.45) is 4.16. The van der Waals surface area contributed by atoms with Gasteiger partial charge in [0.25, 0.3) is 11.5 Å². The summed E-state index contributed by atoms with van der Waals surface area (Å²) in [5.41, 5.74) is 8.25. The molecule has 0 saturated heterocycles. The Kier molecular flexibility index (Phi) is 5.10. The largest absolute Gasteiger partial charge is 0.493 e. The molecule has 0 aliphatic heterocycles. The highest BCUT2D eigenvalue weighted by Crippen LogP contribution is 2.42. The molecule has 10 heteroatoms. The van der Waals surface area contributed by atoms with Gasteiger partial charge in [0.2, 0.25) is 0 Å². The fourth-order valence-corrected chi connectivity index (χ4v) is 5.22. The van der Waals surface area contributed by atoms with Gasteiger partial charge in [-0.1, -0.05) is 18.9 Å². The van der Waals surface area contributed by atoms with Crippen molar-refractivity contribution in [2.45, 2.75) is 31.7 Å². The topological polar surface area (TPSA) is 145 Å². The molecule has 36 heavy (non-hydrogen) atoms. The number of nitrogens with one attached hydrogen (secondary N) is 2. The van der Waals surface area contributed by atoms with Gasteiger partial charge >= 0.3 is 0 Å². The minimum Gasteiger partial charge on any atom is -0.493 e. The zero-order chi connectivity index (χ0) is 25.0. The van der Waals surface area contributed by atoms with E-state index in [-0.39, 0.29) is 23.6 Å². The molecule has 1 amide bonds. The van der Waals surface area contributed by atoms with Gasteiger partial charge in [0.15, 0.2) is 29.1 Å². The summed E-state index contributed by atoms with van der Waals surface area (Å²) in [6, 6.07) is 9.99. The maximum Gasteiger partial charge on any atom is 0.274 e. The van der Waals surface area contributed by atoms with Crippen LogP contribution in [0.25, 0.3) is 44.2 Å². The highest BCUT2D eigenvalue weighted by molar-refractivity contribution is 6.14. The van der Waals surface area contributed by atoms with Crippen LogP contribution in [0.2, 0.25) is 0 Å². The second-order valence-corrected chi connectivity index (χ2v) is 9.06. The van der Waals surface area contributed by atoms with Crippen LogP contribution in [-0.2, 0) is 4.79 Å². The van der Waals surface area contributed by atoms with Gasteiger partial charge < -0.3 is 24.6 Å². The van der Waals surface area contributed by atoms with Crippen LogP contribution in [0.3, 0.4) is 0 Å². The predicted molar refractivity (Wildman–Crippen MR) is 135 cm³/mol. The number of pyridine rings is 1. The number of carbonyl (C=O) groups is 1. The third kappa shape index (κ3) is 3.44. The summed E-state index contributed by atoms with van der Waals surface area (Å²) in [4.78, 5) is 40.0. The lowest BCUT2D eigenvalue weighted by atomic mass is 10.0. The summed E-state index contributed by atoms with van der Waals surface area (Å²) in [5.74, 6) is 0.100. The summed E-state index contributed by atoms with van der Waals surface area (Å²) < 4.78 is 19.1. The second-order valence-electron chi connectivity index (χ2n) is 9.06. The number of ether oxygens (including phenoxy) is 2. The number of benzene rings is 2. The summed E-state index contributed by atoms with van der Waals surface area (Å²) in [7, 11) is 1.49. The van der Waals surface area contributed by atoms with Crippen LogP contribution in [0.4, 0.5) is 0 Å². The van der Waals surface area contributed by atoms with Crippen molar-refractivity contribution in [3.05, 3.63) is 57.0 Å². The van der Waals surface area contributed by atoms with Gasteiger partial charge in [0.05, 0.1) is 24.1 Å². The Morgan fingerprint density at radius 3 is 2.69 bits per heavy atom. The molecule has 0 bridgehead atoms. The number of rotatable bonds is 6. The normalized spacial score (nSPS) is 14.2. The number of H-pyrrole nitrogens is 2. The van der Waals surface area contributed by atoms with Crippen LogP contribution in [-0.4, -0.2) is 34.4 Å². The van der Waals surface area contributed by atoms with E-state index in [0.717, 1.165) is 31.1 Å². The lowest BCUT2D eigenvalue weighted by Crippen LogP contribution is -2.20. The van der Waals surface area contributed by atoms with Crippen LogP contribution in [0.5, 0.6) is 11.5 Å². The molecule has 0 spiro atoms. The van der Waals surface area contributed by atoms with Crippen molar-refractivity contribution in [2.24, 2.45) is 5.73 Å². The Labute approximate surface area is 203 Å². The Morgan fingerprint density at radius 2 is 1.94 bits per heavy atom. The maximum absolute atomic E-state index is 13.4. The number of amides is 1. The first-order chi connectivity index (χ1) is 17.4. The smallest absolute Gasteiger partial charge is 0.274 e. The number of carbonyl (C=O) groups excluding carboxylic acids is 1. The highest BCUT2D eigenvalue weighted by atomic mass is 16.5. The number of nitrogens with two attached hydrogens (primary N) is 1. The van der Waals surface area contributed by atoms with Gasteiger partial charge in [-0.05, 0) is 42.7 Å². The van der Waals surface area contributed by atoms with E-state index >= 15 is 0 Å². The highest BCUT2D eigenvalue weighted by Gasteiger charge is 2.26. The quantitative estimate of drug-likeness (QED) is 0.333. The van der Waals surface area contributed by atoms with E-state index in [1.807, 2.05) is 4.68 Å². The lowest BCUT2D eigenvalue weighted by Gasteiger charge is -2.14. The first-order valence-corrected chi connectivity index (χ1v) is 11.8. The molecule has 6 rings (SSSR count). The molecule has 1 fully saturated rings.